The summed E-state index contributed by atoms with van der Waals surface area (Å²) in [7, 11) is 0. The number of benzene rings is 3. The van der Waals surface area contributed by atoms with Crippen LogP contribution in [0.2, 0.25) is 10.0 Å². The van der Waals surface area contributed by atoms with Gasteiger partial charge in [-0.1, -0.05) is 47.5 Å². The lowest BCUT2D eigenvalue weighted by molar-refractivity contribution is -0.112. The summed E-state index contributed by atoms with van der Waals surface area (Å²) in [5.74, 6) is 0.339. The first-order chi connectivity index (χ1) is 16.4. The molecule has 6 nitrogen and oxygen atoms in total. The van der Waals surface area contributed by atoms with Crippen LogP contribution in [0, 0.1) is 22.7 Å². The van der Waals surface area contributed by atoms with Crippen molar-refractivity contribution >= 4 is 40.9 Å². The first-order valence-electron chi connectivity index (χ1n) is 10.2. The van der Waals surface area contributed by atoms with E-state index in [1.54, 1.807) is 42.5 Å². The van der Waals surface area contributed by atoms with E-state index in [-0.39, 0.29) is 17.2 Å². The maximum atomic E-state index is 12.6. The van der Waals surface area contributed by atoms with Crippen LogP contribution in [0.3, 0.4) is 0 Å². The van der Waals surface area contributed by atoms with Gasteiger partial charge in [0.15, 0.2) is 11.5 Å². The van der Waals surface area contributed by atoms with E-state index in [0.29, 0.717) is 39.9 Å². The van der Waals surface area contributed by atoms with Crippen molar-refractivity contribution in [3.8, 4) is 23.6 Å². The summed E-state index contributed by atoms with van der Waals surface area (Å²) in [6.45, 7) is 2.42. The molecule has 3 aromatic rings. The molecule has 3 rings (SSSR count). The molecule has 0 bridgehead atoms. The van der Waals surface area contributed by atoms with Gasteiger partial charge < -0.3 is 14.8 Å². The first-order valence-corrected chi connectivity index (χ1v) is 11.0. The first kappa shape index (κ1) is 24.7. The fourth-order valence-corrected chi connectivity index (χ4v) is 3.30. The molecule has 0 atom stereocenters. The highest BCUT2D eigenvalue weighted by Crippen LogP contribution is 2.31. The Labute approximate surface area is 207 Å². The Morgan fingerprint density at radius 3 is 2.50 bits per heavy atom. The minimum atomic E-state index is -0.590. The number of halogens is 2. The van der Waals surface area contributed by atoms with Gasteiger partial charge in [-0.3, -0.25) is 4.79 Å². The summed E-state index contributed by atoms with van der Waals surface area (Å²) in [5.41, 5.74) is 2.17. The standard InChI is InChI=1S/C26H19Cl2N3O3/c1-2-33-25-12-17(7-10-24(25)34-16-19-6-4-3-5-18(19)14-29)11-20(15-30)26(32)31-21-8-9-22(27)23(28)13-21/h3-13H,2,16H2,1H3,(H,31,32)/b20-11+. The van der Waals surface area contributed by atoms with Gasteiger partial charge in [-0.15, -0.1) is 0 Å². The van der Waals surface area contributed by atoms with Gasteiger partial charge in [0, 0.05) is 11.3 Å². The van der Waals surface area contributed by atoms with Crippen LogP contribution in [0.15, 0.2) is 66.2 Å². The summed E-state index contributed by atoms with van der Waals surface area (Å²) < 4.78 is 11.6. The van der Waals surface area contributed by atoms with Crippen molar-refractivity contribution in [3.05, 3.63) is 93.0 Å². The summed E-state index contributed by atoms with van der Waals surface area (Å²) in [5, 5.41) is 22.0. The van der Waals surface area contributed by atoms with Crippen molar-refractivity contribution in [2.24, 2.45) is 0 Å². The van der Waals surface area contributed by atoms with E-state index in [1.165, 1.54) is 12.1 Å². The number of anilines is 1. The number of hydrogen-bond acceptors (Lipinski definition) is 5. The van der Waals surface area contributed by atoms with Crippen molar-refractivity contribution in [1.29, 1.82) is 10.5 Å². The number of hydrogen-bond donors (Lipinski definition) is 1. The zero-order valence-corrected chi connectivity index (χ0v) is 19.7. The summed E-state index contributed by atoms with van der Waals surface area (Å²) in [6, 6.07) is 20.9. The predicted molar refractivity (Wildman–Crippen MR) is 132 cm³/mol. The highest BCUT2D eigenvalue weighted by atomic mass is 35.5. The minimum Gasteiger partial charge on any atom is -0.490 e. The quantitative estimate of drug-likeness (QED) is 0.291. The van der Waals surface area contributed by atoms with Gasteiger partial charge in [-0.05, 0) is 55.0 Å². The normalized spacial score (nSPS) is 10.7. The largest absolute Gasteiger partial charge is 0.490 e. The average Bonchev–Trinajstić information content (AvgIpc) is 2.84. The Bertz CT molecular complexity index is 1320. The molecule has 0 aliphatic rings. The number of carbonyl (C=O) groups is 1. The number of nitrogens with one attached hydrogen (secondary N) is 1. The van der Waals surface area contributed by atoms with Crippen molar-refractivity contribution in [1.82, 2.24) is 0 Å². The summed E-state index contributed by atoms with van der Waals surface area (Å²) in [6.07, 6.45) is 1.45. The monoisotopic (exact) mass is 491 g/mol. The molecule has 0 unspecified atom stereocenters. The number of amides is 1. The predicted octanol–water partition coefficient (Wildman–Crippen LogP) is 6.39. The van der Waals surface area contributed by atoms with E-state index in [4.69, 9.17) is 32.7 Å². The Kier molecular flexibility index (Phi) is 8.54. The third-order valence-corrected chi connectivity index (χ3v) is 5.38. The Morgan fingerprint density at radius 2 is 1.79 bits per heavy atom. The second-order valence-electron chi connectivity index (χ2n) is 6.95. The van der Waals surface area contributed by atoms with Gasteiger partial charge in [0.25, 0.3) is 5.91 Å². The smallest absolute Gasteiger partial charge is 0.266 e. The van der Waals surface area contributed by atoms with Gasteiger partial charge in [-0.2, -0.15) is 10.5 Å². The third-order valence-electron chi connectivity index (χ3n) is 4.64. The molecule has 0 fully saturated rings. The molecule has 0 heterocycles. The fourth-order valence-electron chi connectivity index (χ4n) is 3.00. The van der Waals surface area contributed by atoms with Crippen molar-refractivity contribution < 1.29 is 14.3 Å². The zero-order valence-electron chi connectivity index (χ0n) is 18.1. The van der Waals surface area contributed by atoms with Gasteiger partial charge in [0.2, 0.25) is 0 Å². The molecule has 1 N–H and O–H groups in total. The lowest BCUT2D eigenvalue weighted by atomic mass is 10.1. The third kappa shape index (κ3) is 6.30. The Morgan fingerprint density at radius 1 is 1.00 bits per heavy atom. The van der Waals surface area contributed by atoms with Gasteiger partial charge in [0.05, 0.1) is 28.3 Å². The summed E-state index contributed by atoms with van der Waals surface area (Å²) >= 11 is 11.9. The molecular formula is C26H19Cl2N3O3. The van der Waals surface area contributed by atoms with Crippen LogP contribution < -0.4 is 14.8 Å². The van der Waals surface area contributed by atoms with E-state index < -0.39 is 5.91 Å². The van der Waals surface area contributed by atoms with Gasteiger partial charge in [0.1, 0.15) is 18.2 Å². The van der Waals surface area contributed by atoms with Crippen LogP contribution in [0.4, 0.5) is 5.69 Å². The molecule has 170 valence electrons. The molecule has 1 amide bonds. The van der Waals surface area contributed by atoms with Crippen molar-refractivity contribution in [2.75, 3.05) is 11.9 Å². The van der Waals surface area contributed by atoms with Crippen molar-refractivity contribution in [2.45, 2.75) is 13.5 Å². The van der Waals surface area contributed by atoms with E-state index >= 15 is 0 Å². The average molecular weight is 492 g/mol. The van der Waals surface area contributed by atoms with E-state index in [0.717, 1.165) is 5.56 Å². The molecule has 0 aliphatic carbocycles. The molecule has 0 aromatic heterocycles. The van der Waals surface area contributed by atoms with Crippen molar-refractivity contribution in [3.63, 3.8) is 0 Å². The van der Waals surface area contributed by atoms with E-state index in [1.807, 2.05) is 25.1 Å². The molecule has 34 heavy (non-hydrogen) atoms. The van der Waals surface area contributed by atoms with Crippen LogP contribution in [0.25, 0.3) is 6.08 Å². The summed E-state index contributed by atoms with van der Waals surface area (Å²) in [4.78, 5) is 12.6. The highest BCUT2D eigenvalue weighted by Gasteiger charge is 2.13. The number of nitrogens with zero attached hydrogens (tertiary/aromatic N) is 2. The number of nitriles is 2. The lowest BCUT2D eigenvalue weighted by Crippen LogP contribution is -2.13. The SMILES string of the molecule is CCOc1cc(/C=C(\C#N)C(=O)Nc2ccc(Cl)c(Cl)c2)ccc1OCc1ccccc1C#N. The van der Waals surface area contributed by atoms with Crippen LogP contribution in [0.1, 0.15) is 23.6 Å². The zero-order chi connectivity index (χ0) is 24.5. The minimum absolute atomic E-state index is 0.106. The Hall–Kier alpha value is -3.97. The molecule has 0 saturated carbocycles. The molecule has 0 saturated heterocycles. The molecular weight excluding hydrogens is 473 g/mol. The molecule has 0 aliphatic heterocycles. The molecule has 3 aromatic carbocycles. The van der Waals surface area contributed by atoms with Crippen LogP contribution in [-0.4, -0.2) is 12.5 Å². The van der Waals surface area contributed by atoms with E-state index in [2.05, 4.69) is 11.4 Å². The van der Waals surface area contributed by atoms with Crippen LogP contribution in [-0.2, 0) is 11.4 Å². The van der Waals surface area contributed by atoms with Crippen LogP contribution >= 0.6 is 23.2 Å². The topological polar surface area (TPSA) is 95.1 Å². The number of ether oxygens (including phenoxy) is 2. The molecule has 0 spiro atoms. The Balaban J connectivity index is 1.80. The van der Waals surface area contributed by atoms with E-state index in [9.17, 15) is 15.3 Å². The van der Waals surface area contributed by atoms with Gasteiger partial charge in [-0.25, -0.2) is 0 Å². The fraction of sp³-hybridized carbons (Fsp3) is 0.115. The maximum absolute atomic E-state index is 12.6. The second-order valence-corrected chi connectivity index (χ2v) is 7.76. The molecule has 8 heteroatoms. The number of rotatable bonds is 8. The maximum Gasteiger partial charge on any atom is 0.266 e. The second kappa shape index (κ2) is 11.8. The molecule has 0 radical (unpaired) electrons. The highest BCUT2D eigenvalue weighted by molar-refractivity contribution is 6.42. The van der Waals surface area contributed by atoms with Crippen LogP contribution in [0.5, 0.6) is 11.5 Å². The van der Waals surface area contributed by atoms with Gasteiger partial charge >= 0.3 is 0 Å². The lowest BCUT2D eigenvalue weighted by Gasteiger charge is -2.13. The number of carbonyl (C=O) groups excluding carboxylic acids is 1.